The van der Waals surface area contributed by atoms with Crippen molar-refractivity contribution in [3.63, 3.8) is 0 Å². The Morgan fingerprint density at radius 1 is 1.35 bits per heavy atom. The second kappa shape index (κ2) is 7.69. The van der Waals surface area contributed by atoms with Crippen molar-refractivity contribution < 1.29 is 19.1 Å². The molecule has 0 saturated carbocycles. The molecular weight excluding hydrogens is 260 g/mol. The molecule has 1 rings (SSSR count). The number of aromatic nitrogens is 1. The van der Waals surface area contributed by atoms with Gasteiger partial charge in [0.2, 0.25) is 0 Å². The molecule has 1 unspecified atom stereocenters. The molecule has 1 heterocycles. The first-order chi connectivity index (χ1) is 9.51. The van der Waals surface area contributed by atoms with E-state index in [1.54, 1.807) is 30.0 Å². The van der Waals surface area contributed by atoms with Gasteiger partial charge in [-0.05, 0) is 18.1 Å². The molecular formula is C14H22N2O4. The summed E-state index contributed by atoms with van der Waals surface area (Å²) in [6, 6.07) is 2.84. The molecule has 1 N–H and O–H groups in total. The molecule has 1 aromatic heterocycles. The molecule has 0 aliphatic carbocycles. The van der Waals surface area contributed by atoms with E-state index in [9.17, 15) is 9.59 Å². The standard InChI is InChI=1S/C14H22N2O4/c1-10(2)12(14(18)20-4)15-13(17)11-6-5-7-16(11)8-9-19-3/h5-7,10,12H,8-9H2,1-4H3,(H,15,17). The van der Waals surface area contributed by atoms with Gasteiger partial charge in [-0.2, -0.15) is 0 Å². The predicted octanol–water partition coefficient (Wildman–Crippen LogP) is 1.06. The zero-order chi connectivity index (χ0) is 15.1. The van der Waals surface area contributed by atoms with Crippen molar-refractivity contribution >= 4 is 11.9 Å². The Bertz CT molecular complexity index is 454. The van der Waals surface area contributed by atoms with Gasteiger partial charge >= 0.3 is 5.97 Å². The van der Waals surface area contributed by atoms with Crippen LogP contribution < -0.4 is 5.32 Å². The first-order valence-electron chi connectivity index (χ1n) is 6.54. The topological polar surface area (TPSA) is 69.6 Å². The van der Waals surface area contributed by atoms with E-state index in [1.165, 1.54) is 7.11 Å². The molecule has 0 aromatic carbocycles. The van der Waals surface area contributed by atoms with Gasteiger partial charge in [-0.1, -0.05) is 13.8 Å². The first kappa shape index (κ1) is 16.2. The molecule has 0 fully saturated rings. The molecule has 1 amide bonds. The summed E-state index contributed by atoms with van der Waals surface area (Å²) in [5.41, 5.74) is 0.497. The van der Waals surface area contributed by atoms with Gasteiger partial charge in [0.05, 0.1) is 13.7 Å². The highest BCUT2D eigenvalue weighted by molar-refractivity contribution is 5.95. The number of nitrogens with zero attached hydrogens (tertiary/aromatic N) is 1. The summed E-state index contributed by atoms with van der Waals surface area (Å²) < 4.78 is 11.5. The van der Waals surface area contributed by atoms with Crippen LogP contribution in [0.1, 0.15) is 24.3 Å². The third kappa shape index (κ3) is 4.09. The molecule has 1 aromatic rings. The summed E-state index contributed by atoms with van der Waals surface area (Å²) in [4.78, 5) is 23.9. The summed E-state index contributed by atoms with van der Waals surface area (Å²) in [7, 11) is 2.92. The number of esters is 1. The zero-order valence-electron chi connectivity index (χ0n) is 12.4. The van der Waals surface area contributed by atoms with Crippen LogP contribution in [0.25, 0.3) is 0 Å². The molecule has 6 heteroatoms. The van der Waals surface area contributed by atoms with E-state index < -0.39 is 12.0 Å². The van der Waals surface area contributed by atoms with Crippen LogP contribution in [-0.2, 0) is 20.8 Å². The van der Waals surface area contributed by atoms with Gasteiger partial charge in [-0.3, -0.25) is 4.79 Å². The third-order valence-electron chi connectivity index (χ3n) is 3.01. The van der Waals surface area contributed by atoms with Crippen molar-refractivity contribution in [1.29, 1.82) is 0 Å². The maximum atomic E-state index is 12.2. The number of amides is 1. The average Bonchev–Trinajstić information content (AvgIpc) is 2.89. The number of nitrogens with one attached hydrogen (secondary N) is 1. The van der Waals surface area contributed by atoms with E-state index in [4.69, 9.17) is 9.47 Å². The van der Waals surface area contributed by atoms with Crippen molar-refractivity contribution in [3.8, 4) is 0 Å². The van der Waals surface area contributed by atoms with E-state index in [2.05, 4.69) is 5.32 Å². The Kier molecular flexibility index (Phi) is 6.24. The Morgan fingerprint density at radius 3 is 2.60 bits per heavy atom. The number of carbonyl (C=O) groups is 2. The molecule has 6 nitrogen and oxygen atoms in total. The number of ether oxygens (including phenoxy) is 2. The van der Waals surface area contributed by atoms with Gasteiger partial charge in [0.25, 0.3) is 5.91 Å². The van der Waals surface area contributed by atoms with E-state index >= 15 is 0 Å². The molecule has 112 valence electrons. The minimum Gasteiger partial charge on any atom is -0.467 e. The Labute approximate surface area is 119 Å². The number of hydrogen-bond donors (Lipinski definition) is 1. The van der Waals surface area contributed by atoms with Gasteiger partial charge in [-0.25, -0.2) is 4.79 Å². The normalized spacial score (nSPS) is 12.2. The van der Waals surface area contributed by atoms with Gasteiger partial charge in [-0.15, -0.1) is 0 Å². The number of methoxy groups -OCH3 is 2. The average molecular weight is 282 g/mol. The van der Waals surface area contributed by atoms with E-state index in [-0.39, 0.29) is 11.8 Å². The molecule has 0 bridgehead atoms. The molecule has 0 saturated heterocycles. The Morgan fingerprint density at radius 2 is 2.05 bits per heavy atom. The fourth-order valence-electron chi connectivity index (χ4n) is 1.84. The van der Waals surface area contributed by atoms with Crippen LogP contribution in [0.2, 0.25) is 0 Å². The van der Waals surface area contributed by atoms with Crippen molar-refractivity contribution in [2.45, 2.75) is 26.4 Å². The maximum Gasteiger partial charge on any atom is 0.328 e. The SMILES string of the molecule is COCCn1cccc1C(=O)NC(C(=O)OC)C(C)C. The number of carbonyl (C=O) groups excluding carboxylic acids is 2. The minimum absolute atomic E-state index is 0.0474. The Hall–Kier alpha value is -1.82. The van der Waals surface area contributed by atoms with Crippen LogP contribution in [0.4, 0.5) is 0 Å². The first-order valence-corrected chi connectivity index (χ1v) is 6.54. The van der Waals surface area contributed by atoms with Gasteiger partial charge < -0.3 is 19.4 Å². The van der Waals surface area contributed by atoms with Crippen molar-refractivity contribution in [2.75, 3.05) is 20.8 Å². The monoisotopic (exact) mass is 282 g/mol. The lowest BCUT2D eigenvalue weighted by atomic mass is 10.0. The van der Waals surface area contributed by atoms with Crippen LogP contribution >= 0.6 is 0 Å². The van der Waals surface area contributed by atoms with Crippen LogP contribution in [0, 0.1) is 5.92 Å². The van der Waals surface area contributed by atoms with Crippen molar-refractivity contribution in [3.05, 3.63) is 24.0 Å². The fraction of sp³-hybridized carbons (Fsp3) is 0.571. The zero-order valence-corrected chi connectivity index (χ0v) is 12.4. The molecule has 1 atom stereocenters. The maximum absolute atomic E-state index is 12.2. The van der Waals surface area contributed by atoms with Crippen LogP contribution in [0.3, 0.4) is 0 Å². The summed E-state index contributed by atoms with van der Waals surface area (Å²) in [6.07, 6.45) is 1.80. The molecule has 0 aliphatic heterocycles. The van der Waals surface area contributed by atoms with Crippen molar-refractivity contribution in [2.24, 2.45) is 5.92 Å². The fourth-order valence-corrected chi connectivity index (χ4v) is 1.84. The molecule has 0 spiro atoms. The van der Waals surface area contributed by atoms with Crippen molar-refractivity contribution in [1.82, 2.24) is 9.88 Å². The quantitative estimate of drug-likeness (QED) is 0.759. The number of rotatable bonds is 7. The van der Waals surface area contributed by atoms with Crippen LogP contribution in [-0.4, -0.2) is 43.3 Å². The van der Waals surface area contributed by atoms with Gasteiger partial charge in [0.15, 0.2) is 0 Å². The molecule has 0 radical (unpaired) electrons. The van der Waals surface area contributed by atoms with E-state index in [0.717, 1.165) is 0 Å². The lowest BCUT2D eigenvalue weighted by Crippen LogP contribution is -2.45. The second-order valence-electron chi connectivity index (χ2n) is 4.80. The largest absolute Gasteiger partial charge is 0.467 e. The highest BCUT2D eigenvalue weighted by Crippen LogP contribution is 2.07. The Balaban J connectivity index is 2.79. The lowest BCUT2D eigenvalue weighted by molar-refractivity contribution is -0.144. The second-order valence-corrected chi connectivity index (χ2v) is 4.80. The smallest absolute Gasteiger partial charge is 0.328 e. The lowest BCUT2D eigenvalue weighted by Gasteiger charge is -2.20. The summed E-state index contributed by atoms with van der Waals surface area (Å²) >= 11 is 0. The van der Waals surface area contributed by atoms with Crippen LogP contribution in [0.5, 0.6) is 0 Å². The van der Waals surface area contributed by atoms with Crippen LogP contribution in [0.15, 0.2) is 18.3 Å². The van der Waals surface area contributed by atoms with Gasteiger partial charge in [0, 0.05) is 19.9 Å². The molecule has 0 aliphatic rings. The highest BCUT2D eigenvalue weighted by Gasteiger charge is 2.26. The number of hydrogen-bond acceptors (Lipinski definition) is 4. The highest BCUT2D eigenvalue weighted by atomic mass is 16.5. The third-order valence-corrected chi connectivity index (χ3v) is 3.01. The summed E-state index contributed by atoms with van der Waals surface area (Å²) in [6.45, 7) is 4.80. The minimum atomic E-state index is -0.654. The van der Waals surface area contributed by atoms with E-state index in [1.807, 2.05) is 13.8 Å². The summed E-state index contributed by atoms with van der Waals surface area (Å²) in [5.74, 6) is -0.785. The summed E-state index contributed by atoms with van der Waals surface area (Å²) in [5, 5.41) is 2.71. The van der Waals surface area contributed by atoms with Gasteiger partial charge in [0.1, 0.15) is 11.7 Å². The predicted molar refractivity (Wildman–Crippen MR) is 74.4 cm³/mol. The van der Waals surface area contributed by atoms with E-state index in [0.29, 0.717) is 18.8 Å². The molecule has 20 heavy (non-hydrogen) atoms.